The van der Waals surface area contributed by atoms with Gasteiger partial charge in [-0.2, -0.15) is 11.8 Å². The predicted molar refractivity (Wildman–Crippen MR) is 90.3 cm³/mol. The third-order valence-electron chi connectivity index (χ3n) is 4.58. The number of hydrogen-bond donors (Lipinski definition) is 1. The summed E-state index contributed by atoms with van der Waals surface area (Å²) in [7, 11) is -0.986. The first-order valence-electron chi connectivity index (χ1n) is 7.58. The van der Waals surface area contributed by atoms with Crippen LogP contribution in [0.2, 0.25) is 0 Å². The highest BCUT2D eigenvalue weighted by atomic mass is 32.2. The molecule has 2 unspecified atom stereocenters. The largest absolute Gasteiger partial charge is 0.399 e. The SMILES string of the molecule is Cc1ccc(N)cc1S(=O)C1CCOC2(CCSCC2)C1. The van der Waals surface area contributed by atoms with Crippen LogP contribution in [0, 0.1) is 6.92 Å². The summed E-state index contributed by atoms with van der Waals surface area (Å²) >= 11 is 2.00. The number of benzene rings is 1. The summed E-state index contributed by atoms with van der Waals surface area (Å²) in [5.41, 5.74) is 7.62. The molecule has 0 saturated carbocycles. The molecule has 2 aliphatic rings. The molecular formula is C16H23NO2S2. The molecule has 0 radical (unpaired) electrons. The average Bonchev–Trinajstić information content (AvgIpc) is 2.50. The maximum absolute atomic E-state index is 13.0. The van der Waals surface area contributed by atoms with E-state index in [4.69, 9.17) is 10.5 Å². The summed E-state index contributed by atoms with van der Waals surface area (Å²) in [6.07, 6.45) is 4.01. The number of ether oxygens (including phenoxy) is 1. The molecule has 0 aromatic heterocycles. The van der Waals surface area contributed by atoms with Crippen LogP contribution in [0.5, 0.6) is 0 Å². The van der Waals surface area contributed by atoms with Gasteiger partial charge in [-0.05, 0) is 61.8 Å². The van der Waals surface area contributed by atoms with Crippen LogP contribution in [-0.4, -0.2) is 33.2 Å². The van der Waals surface area contributed by atoms with Crippen LogP contribution in [0.25, 0.3) is 0 Å². The third kappa shape index (κ3) is 3.30. The van der Waals surface area contributed by atoms with E-state index in [2.05, 4.69) is 0 Å². The van der Waals surface area contributed by atoms with Crippen LogP contribution in [0.1, 0.15) is 31.2 Å². The fraction of sp³-hybridized carbons (Fsp3) is 0.625. The van der Waals surface area contributed by atoms with E-state index in [-0.39, 0.29) is 10.9 Å². The monoisotopic (exact) mass is 325 g/mol. The zero-order chi connectivity index (χ0) is 14.9. The van der Waals surface area contributed by atoms with Crippen LogP contribution < -0.4 is 5.73 Å². The molecular weight excluding hydrogens is 302 g/mol. The van der Waals surface area contributed by atoms with Crippen LogP contribution in [-0.2, 0) is 15.5 Å². The van der Waals surface area contributed by atoms with Gasteiger partial charge in [-0.1, -0.05) is 6.07 Å². The van der Waals surface area contributed by atoms with Crippen molar-refractivity contribution < 1.29 is 8.95 Å². The van der Waals surface area contributed by atoms with Crippen molar-refractivity contribution in [1.29, 1.82) is 0 Å². The summed E-state index contributed by atoms with van der Waals surface area (Å²) in [6.45, 7) is 2.75. The van der Waals surface area contributed by atoms with E-state index in [1.807, 2.05) is 36.9 Å². The predicted octanol–water partition coefficient (Wildman–Crippen LogP) is 3.13. The van der Waals surface area contributed by atoms with Gasteiger partial charge in [0.1, 0.15) is 0 Å². The second-order valence-electron chi connectivity index (χ2n) is 6.08. The molecule has 116 valence electrons. The Bertz CT molecular complexity index is 536. The van der Waals surface area contributed by atoms with Gasteiger partial charge >= 0.3 is 0 Å². The van der Waals surface area contributed by atoms with E-state index in [1.54, 1.807) is 0 Å². The van der Waals surface area contributed by atoms with Gasteiger partial charge < -0.3 is 10.5 Å². The Labute approximate surface area is 133 Å². The summed E-state index contributed by atoms with van der Waals surface area (Å²) in [5.74, 6) is 2.33. The third-order valence-corrected chi connectivity index (χ3v) is 7.45. The number of rotatable bonds is 2. The van der Waals surface area contributed by atoms with Crippen molar-refractivity contribution in [2.75, 3.05) is 23.8 Å². The Morgan fingerprint density at radius 3 is 2.90 bits per heavy atom. The molecule has 2 N–H and O–H groups in total. The zero-order valence-corrected chi connectivity index (χ0v) is 14.1. The van der Waals surface area contributed by atoms with Crippen LogP contribution in [0.4, 0.5) is 5.69 Å². The minimum absolute atomic E-state index is 0.0158. The molecule has 2 heterocycles. The average molecular weight is 325 g/mol. The Balaban J connectivity index is 1.79. The number of hydrogen-bond acceptors (Lipinski definition) is 4. The van der Waals surface area contributed by atoms with Gasteiger partial charge in [-0.15, -0.1) is 0 Å². The Kier molecular flexibility index (Phi) is 4.62. The number of anilines is 1. The van der Waals surface area contributed by atoms with Gasteiger partial charge in [0, 0.05) is 22.4 Å². The normalized spacial score (nSPS) is 26.6. The Morgan fingerprint density at radius 2 is 2.14 bits per heavy atom. The number of aryl methyl sites for hydroxylation is 1. The van der Waals surface area contributed by atoms with Crippen molar-refractivity contribution in [3.63, 3.8) is 0 Å². The van der Waals surface area contributed by atoms with Gasteiger partial charge in [-0.3, -0.25) is 4.21 Å². The van der Waals surface area contributed by atoms with Gasteiger partial charge in [0.15, 0.2) is 0 Å². The molecule has 1 aromatic rings. The maximum Gasteiger partial charge on any atom is 0.0709 e. The Morgan fingerprint density at radius 1 is 1.38 bits per heavy atom. The van der Waals surface area contributed by atoms with E-state index < -0.39 is 10.8 Å². The van der Waals surface area contributed by atoms with E-state index >= 15 is 0 Å². The van der Waals surface area contributed by atoms with Gasteiger partial charge in [0.05, 0.1) is 16.4 Å². The molecule has 2 fully saturated rings. The molecule has 0 aliphatic carbocycles. The van der Waals surface area contributed by atoms with Crippen molar-refractivity contribution in [3.8, 4) is 0 Å². The van der Waals surface area contributed by atoms with Crippen molar-refractivity contribution >= 4 is 28.2 Å². The molecule has 21 heavy (non-hydrogen) atoms. The van der Waals surface area contributed by atoms with Gasteiger partial charge in [0.2, 0.25) is 0 Å². The quantitative estimate of drug-likeness (QED) is 0.849. The topological polar surface area (TPSA) is 52.3 Å². The minimum Gasteiger partial charge on any atom is -0.399 e. The molecule has 1 aromatic carbocycles. The number of nitrogen functional groups attached to an aromatic ring is 1. The van der Waals surface area contributed by atoms with Gasteiger partial charge in [-0.25, -0.2) is 0 Å². The second kappa shape index (κ2) is 6.31. The molecule has 0 bridgehead atoms. The van der Waals surface area contributed by atoms with Gasteiger partial charge in [0.25, 0.3) is 0 Å². The molecule has 5 heteroatoms. The van der Waals surface area contributed by atoms with Crippen molar-refractivity contribution in [3.05, 3.63) is 23.8 Å². The minimum atomic E-state index is -0.986. The smallest absolute Gasteiger partial charge is 0.0709 e. The lowest BCUT2D eigenvalue weighted by Gasteiger charge is -2.43. The molecule has 3 nitrogen and oxygen atoms in total. The molecule has 2 atom stereocenters. The number of nitrogens with two attached hydrogens (primary N) is 1. The molecule has 2 saturated heterocycles. The highest BCUT2D eigenvalue weighted by molar-refractivity contribution is 7.99. The Hall–Kier alpha value is -0.520. The van der Waals surface area contributed by atoms with Crippen LogP contribution >= 0.6 is 11.8 Å². The standard InChI is InChI=1S/C16H23NO2S2/c1-12-2-3-13(17)10-15(12)21(18)14-4-7-19-16(11-14)5-8-20-9-6-16/h2-3,10,14H,4-9,11,17H2,1H3. The van der Waals surface area contributed by atoms with Crippen molar-refractivity contribution in [1.82, 2.24) is 0 Å². The molecule has 0 amide bonds. The maximum atomic E-state index is 13.0. The molecule has 1 spiro atoms. The number of thioether (sulfide) groups is 1. The fourth-order valence-corrected chi connectivity index (χ4v) is 6.27. The molecule has 2 aliphatic heterocycles. The highest BCUT2D eigenvalue weighted by Gasteiger charge is 2.40. The zero-order valence-electron chi connectivity index (χ0n) is 12.5. The van der Waals surface area contributed by atoms with Crippen LogP contribution in [0.3, 0.4) is 0 Å². The summed E-state index contributed by atoms with van der Waals surface area (Å²) in [5, 5.41) is 0.197. The van der Waals surface area contributed by atoms with E-state index in [1.165, 1.54) is 0 Å². The highest BCUT2D eigenvalue weighted by Crippen LogP contribution is 2.40. The fourth-order valence-electron chi connectivity index (χ4n) is 3.27. The summed E-state index contributed by atoms with van der Waals surface area (Å²) in [6, 6.07) is 5.72. The first kappa shape index (κ1) is 15.4. The first-order valence-corrected chi connectivity index (χ1v) is 9.95. The molecule has 3 rings (SSSR count). The second-order valence-corrected chi connectivity index (χ2v) is 9.01. The van der Waals surface area contributed by atoms with Crippen LogP contribution in [0.15, 0.2) is 23.1 Å². The van der Waals surface area contributed by atoms with E-state index in [0.717, 1.165) is 54.3 Å². The first-order chi connectivity index (χ1) is 10.1. The van der Waals surface area contributed by atoms with Crippen molar-refractivity contribution in [2.24, 2.45) is 0 Å². The lowest BCUT2D eigenvalue weighted by molar-refractivity contribution is -0.0809. The summed E-state index contributed by atoms with van der Waals surface area (Å²) < 4.78 is 19.1. The lowest BCUT2D eigenvalue weighted by Crippen LogP contribution is -2.45. The van der Waals surface area contributed by atoms with E-state index in [9.17, 15) is 4.21 Å². The van der Waals surface area contributed by atoms with E-state index in [0.29, 0.717) is 5.69 Å². The van der Waals surface area contributed by atoms with Crippen molar-refractivity contribution in [2.45, 2.75) is 48.4 Å². The summed E-state index contributed by atoms with van der Waals surface area (Å²) in [4.78, 5) is 0.905. The lowest BCUT2D eigenvalue weighted by atomic mass is 9.88.